The van der Waals surface area contributed by atoms with Crippen molar-refractivity contribution in [2.24, 2.45) is 5.92 Å². The van der Waals surface area contributed by atoms with Crippen molar-refractivity contribution >= 4 is 81.1 Å². The van der Waals surface area contributed by atoms with Gasteiger partial charge in [0.25, 0.3) is 0 Å². The van der Waals surface area contributed by atoms with E-state index in [2.05, 4.69) is 5.32 Å². The van der Waals surface area contributed by atoms with Gasteiger partial charge < -0.3 is 11.1 Å². The Morgan fingerprint density at radius 2 is 1.60 bits per heavy atom. The number of hydrogen-bond acceptors (Lipinski definition) is 3. The molecular formula is C24H15Cl5F2N2O2. The van der Waals surface area contributed by atoms with Crippen LogP contribution >= 0.6 is 58.0 Å². The molecule has 2 atom stereocenters. The number of benzene rings is 3. The first-order chi connectivity index (χ1) is 16.4. The molecule has 0 heterocycles. The van der Waals surface area contributed by atoms with E-state index >= 15 is 0 Å². The Bertz CT molecular complexity index is 1370. The number of amides is 1. The van der Waals surface area contributed by atoms with Gasteiger partial charge >= 0.3 is 0 Å². The maximum absolute atomic E-state index is 14.1. The Balaban J connectivity index is 1.52. The lowest BCUT2D eigenvalue weighted by atomic mass is 10.0. The molecule has 4 rings (SSSR count). The largest absolute Gasteiger partial charge is 0.396 e. The molecule has 0 radical (unpaired) electrons. The second kappa shape index (κ2) is 9.75. The molecule has 0 unspecified atom stereocenters. The topological polar surface area (TPSA) is 72.2 Å². The van der Waals surface area contributed by atoms with Crippen LogP contribution in [0.25, 0.3) is 0 Å². The number of nitrogen functional groups attached to an aromatic ring is 1. The van der Waals surface area contributed by atoms with Crippen molar-refractivity contribution in [3.8, 4) is 0 Å². The summed E-state index contributed by atoms with van der Waals surface area (Å²) in [5.74, 6) is -4.19. The Kier molecular flexibility index (Phi) is 7.24. The van der Waals surface area contributed by atoms with Crippen LogP contribution in [0.3, 0.4) is 0 Å². The zero-order valence-electron chi connectivity index (χ0n) is 17.5. The molecule has 0 aliphatic heterocycles. The van der Waals surface area contributed by atoms with Crippen LogP contribution < -0.4 is 11.1 Å². The summed E-state index contributed by atoms with van der Waals surface area (Å²) in [7, 11) is 0. The molecule has 0 aromatic heterocycles. The first-order valence-corrected chi connectivity index (χ1v) is 12.0. The standard InChI is InChI=1S/C24H15Cl5F2N2O2/c25-14-4-2-12(8-13(14)20(34)7-11-6-19(32)18(31)9-17(11)30)33-23(35)22-21(24(22,28)29)10-1-3-15(26)16(27)5-10/h1-6,8-9,21-22H,7,32H2,(H,33,35)/t21-,22+/m0/s1. The maximum atomic E-state index is 14.1. The van der Waals surface area contributed by atoms with Gasteiger partial charge in [-0.2, -0.15) is 0 Å². The molecule has 11 heteroatoms. The molecule has 4 nitrogen and oxygen atoms in total. The number of ketones is 1. The molecular weight excluding hydrogens is 564 g/mol. The molecule has 182 valence electrons. The summed E-state index contributed by atoms with van der Waals surface area (Å²) in [6.45, 7) is 0. The van der Waals surface area contributed by atoms with Gasteiger partial charge in [-0.1, -0.05) is 40.9 Å². The monoisotopic (exact) mass is 576 g/mol. The third-order valence-electron chi connectivity index (χ3n) is 5.69. The first kappa shape index (κ1) is 26.0. The minimum Gasteiger partial charge on any atom is -0.396 e. The van der Waals surface area contributed by atoms with Gasteiger partial charge in [0.15, 0.2) is 5.78 Å². The van der Waals surface area contributed by atoms with E-state index in [1.807, 2.05) is 0 Å². The summed E-state index contributed by atoms with van der Waals surface area (Å²) >= 11 is 30.9. The van der Waals surface area contributed by atoms with E-state index in [9.17, 15) is 18.4 Å². The van der Waals surface area contributed by atoms with Crippen LogP contribution in [0.4, 0.5) is 20.2 Å². The van der Waals surface area contributed by atoms with Gasteiger partial charge in [0.2, 0.25) is 5.91 Å². The van der Waals surface area contributed by atoms with E-state index in [1.54, 1.807) is 18.2 Å². The van der Waals surface area contributed by atoms with Gasteiger partial charge in [-0.25, -0.2) is 8.78 Å². The number of halogens is 7. The van der Waals surface area contributed by atoms with Crippen LogP contribution in [0.15, 0.2) is 48.5 Å². The lowest BCUT2D eigenvalue weighted by Crippen LogP contribution is -2.17. The van der Waals surface area contributed by atoms with Crippen LogP contribution in [0.2, 0.25) is 15.1 Å². The van der Waals surface area contributed by atoms with Gasteiger partial charge in [-0.15, -0.1) is 23.2 Å². The van der Waals surface area contributed by atoms with E-state index in [0.29, 0.717) is 21.7 Å². The quantitative estimate of drug-likeness (QED) is 0.181. The Morgan fingerprint density at radius 3 is 2.29 bits per heavy atom. The molecule has 3 aromatic carbocycles. The van der Waals surface area contributed by atoms with E-state index in [0.717, 1.165) is 6.07 Å². The number of anilines is 2. The molecule has 0 spiro atoms. The predicted octanol–water partition coefficient (Wildman–Crippen LogP) is 7.46. The Hall–Kier alpha value is -2.09. The Labute approximate surface area is 224 Å². The fraction of sp³-hybridized carbons (Fsp3) is 0.167. The lowest BCUT2D eigenvalue weighted by molar-refractivity contribution is -0.117. The third kappa shape index (κ3) is 5.23. The molecule has 1 saturated carbocycles. The highest BCUT2D eigenvalue weighted by Gasteiger charge is 2.67. The van der Waals surface area contributed by atoms with Gasteiger partial charge in [-0.3, -0.25) is 9.59 Å². The van der Waals surface area contributed by atoms with Crippen molar-refractivity contribution in [3.05, 3.63) is 91.9 Å². The minimum absolute atomic E-state index is 0.0339. The summed E-state index contributed by atoms with van der Waals surface area (Å²) < 4.78 is 26.1. The first-order valence-electron chi connectivity index (χ1n) is 10.1. The average Bonchev–Trinajstić information content (AvgIpc) is 3.37. The van der Waals surface area contributed by atoms with Gasteiger partial charge in [0.1, 0.15) is 16.0 Å². The molecule has 1 amide bonds. The number of hydrogen-bond donors (Lipinski definition) is 2. The highest BCUT2D eigenvalue weighted by molar-refractivity contribution is 6.53. The van der Waals surface area contributed by atoms with Gasteiger partial charge in [-0.05, 0) is 47.5 Å². The van der Waals surface area contributed by atoms with Crippen LogP contribution in [0, 0.1) is 17.6 Å². The summed E-state index contributed by atoms with van der Waals surface area (Å²) in [5, 5.41) is 3.43. The highest BCUT2D eigenvalue weighted by atomic mass is 35.5. The number of nitrogens with two attached hydrogens (primary N) is 1. The molecule has 3 N–H and O–H groups in total. The van der Waals surface area contributed by atoms with Crippen LogP contribution in [-0.4, -0.2) is 16.0 Å². The number of nitrogens with one attached hydrogen (secondary N) is 1. The van der Waals surface area contributed by atoms with Crippen LogP contribution in [0.1, 0.15) is 27.4 Å². The number of rotatable bonds is 6. The van der Waals surface area contributed by atoms with Crippen molar-refractivity contribution in [3.63, 3.8) is 0 Å². The third-order valence-corrected chi connectivity index (χ3v) is 7.70. The number of carbonyl (C=O) groups excluding carboxylic acids is 2. The summed E-state index contributed by atoms with van der Waals surface area (Å²) in [5.41, 5.74) is 6.04. The molecule has 0 bridgehead atoms. The Morgan fingerprint density at radius 1 is 0.914 bits per heavy atom. The van der Waals surface area contributed by atoms with Crippen molar-refractivity contribution in [1.82, 2.24) is 0 Å². The zero-order valence-corrected chi connectivity index (χ0v) is 21.3. The predicted molar refractivity (Wildman–Crippen MR) is 136 cm³/mol. The van der Waals surface area contributed by atoms with Gasteiger partial charge in [0, 0.05) is 29.7 Å². The summed E-state index contributed by atoms with van der Waals surface area (Å²) in [4.78, 5) is 25.7. The van der Waals surface area contributed by atoms with Crippen molar-refractivity contribution in [2.45, 2.75) is 16.7 Å². The van der Waals surface area contributed by atoms with E-state index < -0.39 is 45.9 Å². The average molecular weight is 579 g/mol. The normalized spacial score (nSPS) is 18.3. The number of alkyl halides is 2. The van der Waals surface area contributed by atoms with E-state index in [-0.39, 0.29) is 27.5 Å². The van der Waals surface area contributed by atoms with Crippen molar-refractivity contribution < 1.29 is 18.4 Å². The smallest absolute Gasteiger partial charge is 0.231 e. The molecule has 1 fully saturated rings. The van der Waals surface area contributed by atoms with E-state index in [4.69, 9.17) is 63.7 Å². The number of Topliss-reactive ketones (excluding diaryl/α,β-unsaturated/α-hetero) is 1. The van der Waals surface area contributed by atoms with Gasteiger partial charge in [0.05, 0.1) is 26.7 Å². The maximum Gasteiger partial charge on any atom is 0.231 e. The van der Waals surface area contributed by atoms with Crippen molar-refractivity contribution in [2.75, 3.05) is 11.1 Å². The second-order valence-corrected chi connectivity index (χ2v) is 10.7. The van der Waals surface area contributed by atoms with Crippen molar-refractivity contribution in [1.29, 1.82) is 0 Å². The summed E-state index contributed by atoms with van der Waals surface area (Å²) in [6.07, 6.45) is -0.415. The van der Waals surface area contributed by atoms with Crippen LogP contribution in [0.5, 0.6) is 0 Å². The molecule has 1 aliphatic carbocycles. The van der Waals surface area contributed by atoms with E-state index in [1.165, 1.54) is 18.2 Å². The summed E-state index contributed by atoms with van der Waals surface area (Å²) in [6, 6.07) is 10.8. The van der Waals surface area contributed by atoms with Crippen LogP contribution in [-0.2, 0) is 11.2 Å². The molecule has 0 saturated heterocycles. The highest BCUT2D eigenvalue weighted by Crippen LogP contribution is 2.65. The fourth-order valence-electron chi connectivity index (χ4n) is 3.83. The second-order valence-electron chi connectivity index (χ2n) is 8.05. The molecule has 3 aromatic rings. The molecule has 35 heavy (non-hydrogen) atoms. The number of carbonyl (C=O) groups is 2. The molecule has 1 aliphatic rings. The lowest BCUT2D eigenvalue weighted by Gasteiger charge is -2.10. The minimum atomic E-state index is -1.37. The fourth-order valence-corrected chi connectivity index (χ4v) is 5.18. The SMILES string of the molecule is Nc1cc(CC(=O)c2cc(NC(=O)[C@H]3[C@H](c4ccc(Cl)c(Cl)c4)C3(Cl)Cl)ccc2Cl)c(F)cc1F. The zero-order chi connectivity index (χ0) is 25.7.